The van der Waals surface area contributed by atoms with Crippen LogP contribution in [0.3, 0.4) is 0 Å². The maximum Gasteiger partial charge on any atom is 0.191 e. The number of benzene rings is 1. The van der Waals surface area contributed by atoms with Crippen LogP contribution in [0.4, 0.5) is 0 Å². The van der Waals surface area contributed by atoms with Crippen molar-refractivity contribution in [2.24, 2.45) is 0 Å². The number of allylic oxidation sites excluding steroid dienone is 2. The summed E-state index contributed by atoms with van der Waals surface area (Å²) in [7, 11) is 0. The summed E-state index contributed by atoms with van der Waals surface area (Å²) in [4.78, 5) is 24.3. The first kappa shape index (κ1) is 11.3. The number of carbonyl (C=O) groups excluding carboxylic acids is 2. The Hall–Kier alpha value is -1.22. The van der Waals surface area contributed by atoms with Gasteiger partial charge in [0.15, 0.2) is 11.6 Å². The molecule has 0 aromatic heterocycles. The van der Waals surface area contributed by atoms with Crippen molar-refractivity contribution in [3.63, 3.8) is 0 Å². The monoisotopic (exact) mass is 278 g/mol. The maximum atomic E-state index is 12.1. The Balaban J connectivity index is 2.67. The Morgan fingerprint density at radius 2 is 1.50 bits per heavy atom. The first-order valence-electron chi connectivity index (χ1n) is 5.17. The van der Waals surface area contributed by atoms with E-state index in [1.54, 1.807) is 24.3 Å². The molecule has 0 heterocycles. The van der Waals surface area contributed by atoms with E-state index in [0.29, 0.717) is 34.0 Å². The van der Waals surface area contributed by atoms with Crippen LogP contribution in [0.15, 0.2) is 35.4 Å². The van der Waals surface area contributed by atoms with Gasteiger partial charge in [0, 0.05) is 27.6 Å². The average molecular weight is 279 g/mol. The summed E-state index contributed by atoms with van der Waals surface area (Å²) in [5.41, 5.74) is 2.31. The smallest absolute Gasteiger partial charge is 0.191 e. The Labute approximate surface area is 102 Å². The molecule has 0 fully saturated rings. The Bertz CT molecular complexity index is 455. The third kappa shape index (κ3) is 1.55. The van der Waals surface area contributed by atoms with Crippen LogP contribution in [0.2, 0.25) is 0 Å². The summed E-state index contributed by atoms with van der Waals surface area (Å²) in [5, 5.41) is 0.440. The summed E-state index contributed by atoms with van der Waals surface area (Å²) in [6, 6.07) is 7.00. The highest BCUT2D eigenvalue weighted by atomic mass is 79.9. The van der Waals surface area contributed by atoms with Gasteiger partial charge in [0.05, 0.1) is 0 Å². The summed E-state index contributed by atoms with van der Waals surface area (Å²) in [6.45, 7) is 1.90. The minimum atomic E-state index is -0.0241. The van der Waals surface area contributed by atoms with Gasteiger partial charge in [-0.2, -0.15) is 0 Å². The molecule has 3 heteroatoms. The SMILES string of the molecule is CCC1=C(CBr)C(=O)c2ccccc2C1=O. The molecule has 0 aliphatic heterocycles. The molecule has 1 aromatic rings. The van der Waals surface area contributed by atoms with Gasteiger partial charge in [0.2, 0.25) is 0 Å². The number of hydrogen-bond acceptors (Lipinski definition) is 2. The highest BCUT2D eigenvalue weighted by Gasteiger charge is 2.29. The van der Waals surface area contributed by atoms with Gasteiger partial charge in [-0.15, -0.1) is 0 Å². The number of Topliss-reactive ketones (excluding diaryl/α,β-unsaturated/α-hetero) is 2. The molecule has 0 amide bonds. The summed E-state index contributed by atoms with van der Waals surface area (Å²) in [5.74, 6) is -0.0314. The van der Waals surface area contributed by atoms with Crippen LogP contribution in [0.5, 0.6) is 0 Å². The van der Waals surface area contributed by atoms with E-state index in [0.717, 1.165) is 0 Å². The maximum absolute atomic E-state index is 12.1. The van der Waals surface area contributed by atoms with Crippen LogP contribution < -0.4 is 0 Å². The number of fused-ring (bicyclic) bond motifs is 1. The van der Waals surface area contributed by atoms with Crippen LogP contribution in [-0.2, 0) is 0 Å². The Morgan fingerprint density at radius 3 is 1.94 bits per heavy atom. The zero-order valence-electron chi connectivity index (χ0n) is 8.92. The molecule has 1 aliphatic carbocycles. The van der Waals surface area contributed by atoms with E-state index in [9.17, 15) is 9.59 Å². The predicted octanol–water partition coefficient (Wildman–Crippen LogP) is 3.17. The van der Waals surface area contributed by atoms with E-state index in [1.165, 1.54) is 0 Å². The standard InChI is InChI=1S/C13H11BrO2/c1-2-8-11(7-14)13(16)10-6-4-3-5-9(10)12(8)15/h3-6H,2,7H2,1H3. The zero-order chi connectivity index (χ0) is 11.7. The van der Waals surface area contributed by atoms with Crippen LogP contribution >= 0.6 is 15.9 Å². The average Bonchev–Trinajstić information content (AvgIpc) is 2.33. The van der Waals surface area contributed by atoms with E-state index in [4.69, 9.17) is 0 Å². The first-order chi connectivity index (χ1) is 7.70. The van der Waals surface area contributed by atoms with Crippen molar-refractivity contribution in [1.29, 1.82) is 0 Å². The van der Waals surface area contributed by atoms with Crippen molar-refractivity contribution in [2.45, 2.75) is 13.3 Å². The molecule has 2 rings (SSSR count). The molecule has 16 heavy (non-hydrogen) atoms. The third-order valence-corrected chi connectivity index (χ3v) is 3.38. The van der Waals surface area contributed by atoms with Gasteiger partial charge >= 0.3 is 0 Å². The molecule has 0 radical (unpaired) electrons. The van der Waals surface area contributed by atoms with Gasteiger partial charge in [-0.05, 0) is 6.42 Å². The highest BCUT2D eigenvalue weighted by molar-refractivity contribution is 9.09. The third-order valence-electron chi connectivity index (χ3n) is 2.82. The molecule has 1 aliphatic rings. The topological polar surface area (TPSA) is 34.1 Å². The van der Waals surface area contributed by atoms with E-state index >= 15 is 0 Å². The lowest BCUT2D eigenvalue weighted by Gasteiger charge is -2.18. The van der Waals surface area contributed by atoms with Crippen molar-refractivity contribution >= 4 is 27.5 Å². The van der Waals surface area contributed by atoms with Crippen LogP contribution in [-0.4, -0.2) is 16.9 Å². The van der Waals surface area contributed by atoms with Crippen molar-refractivity contribution in [3.8, 4) is 0 Å². The second-order valence-corrected chi connectivity index (χ2v) is 4.21. The molecular formula is C13H11BrO2. The molecule has 0 saturated heterocycles. The molecule has 0 bridgehead atoms. The van der Waals surface area contributed by atoms with E-state index < -0.39 is 0 Å². The molecule has 2 nitrogen and oxygen atoms in total. The van der Waals surface area contributed by atoms with Gasteiger partial charge in [0.1, 0.15) is 0 Å². The van der Waals surface area contributed by atoms with Gasteiger partial charge in [0.25, 0.3) is 0 Å². The Morgan fingerprint density at radius 1 is 1.00 bits per heavy atom. The van der Waals surface area contributed by atoms with Crippen molar-refractivity contribution in [2.75, 3.05) is 5.33 Å². The fraction of sp³-hybridized carbons (Fsp3) is 0.231. The lowest BCUT2D eigenvalue weighted by Crippen LogP contribution is -2.22. The lowest BCUT2D eigenvalue weighted by molar-refractivity contribution is 0.0973. The largest absolute Gasteiger partial charge is 0.289 e. The molecule has 82 valence electrons. The summed E-state index contributed by atoms with van der Waals surface area (Å²) in [6.07, 6.45) is 0.597. The fourth-order valence-corrected chi connectivity index (χ4v) is 2.59. The van der Waals surface area contributed by atoms with E-state index in [1.807, 2.05) is 6.92 Å². The zero-order valence-corrected chi connectivity index (χ0v) is 10.5. The van der Waals surface area contributed by atoms with Gasteiger partial charge in [-0.25, -0.2) is 0 Å². The summed E-state index contributed by atoms with van der Waals surface area (Å²) < 4.78 is 0. The van der Waals surface area contributed by atoms with Crippen molar-refractivity contribution in [1.82, 2.24) is 0 Å². The second kappa shape index (κ2) is 4.34. The molecule has 0 saturated carbocycles. The minimum Gasteiger partial charge on any atom is -0.289 e. The minimum absolute atomic E-state index is 0.00727. The number of carbonyl (C=O) groups is 2. The Kier molecular flexibility index (Phi) is 3.06. The predicted molar refractivity (Wildman–Crippen MR) is 66.2 cm³/mol. The summed E-state index contributed by atoms with van der Waals surface area (Å²) >= 11 is 3.28. The van der Waals surface area contributed by atoms with Crippen LogP contribution in [0.25, 0.3) is 0 Å². The quantitative estimate of drug-likeness (QED) is 0.779. The lowest BCUT2D eigenvalue weighted by atomic mass is 9.84. The highest BCUT2D eigenvalue weighted by Crippen LogP contribution is 2.28. The van der Waals surface area contributed by atoms with Gasteiger partial charge < -0.3 is 0 Å². The number of alkyl halides is 1. The van der Waals surface area contributed by atoms with Crippen LogP contribution in [0.1, 0.15) is 34.1 Å². The van der Waals surface area contributed by atoms with Gasteiger partial charge in [-0.3, -0.25) is 9.59 Å². The molecular weight excluding hydrogens is 268 g/mol. The molecule has 0 N–H and O–H groups in total. The fourth-order valence-electron chi connectivity index (χ4n) is 1.99. The van der Waals surface area contributed by atoms with Crippen molar-refractivity contribution < 1.29 is 9.59 Å². The number of rotatable bonds is 2. The van der Waals surface area contributed by atoms with Crippen molar-refractivity contribution in [3.05, 3.63) is 46.5 Å². The molecule has 0 spiro atoms. The normalized spacial score (nSPS) is 15.4. The van der Waals surface area contributed by atoms with E-state index in [-0.39, 0.29) is 11.6 Å². The van der Waals surface area contributed by atoms with Crippen LogP contribution in [0, 0.1) is 0 Å². The second-order valence-electron chi connectivity index (χ2n) is 3.65. The first-order valence-corrected chi connectivity index (χ1v) is 6.29. The molecule has 1 aromatic carbocycles. The molecule has 0 atom stereocenters. The number of halogens is 1. The number of ketones is 2. The number of hydrogen-bond donors (Lipinski definition) is 0. The van der Waals surface area contributed by atoms with E-state index in [2.05, 4.69) is 15.9 Å². The van der Waals surface area contributed by atoms with Gasteiger partial charge in [-0.1, -0.05) is 47.1 Å². The molecule has 0 unspecified atom stereocenters.